The summed E-state index contributed by atoms with van der Waals surface area (Å²) < 4.78 is 1.53. The summed E-state index contributed by atoms with van der Waals surface area (Å²) in [5.74, 6) is -0.242. The summed E-state index contributed by atoms with van der Waals surface area (Å²) in [5, 5.41) is 6.20. The predicted molar refractivity (Wildman–Crippen MR) is 109 cm³/mol. The molecule has 2 amide bonds. The van der Waals surface area contributed by atoms with E-state index in [9.17, 15) is 9.59 Å². The monoisotopic (exact) mass is 478 g/mol. The van der Waals surface area contributed by atoms with Crippen LogP contribution in [-0.4, -0.2) is 23.9 Å². The van der Waals surface area contributed by atoms with Crippen LogP contribution < -0.4 is 10.6 Å². The van der Waals surface area contributed by atoms with E-state index in [0.29, 0.717) is 11.1 Å². The Hall–Kier alpha value is -1.66. The van der Waals surface area contributed by atoms with E-state index < -0.39 is 0 Å². The largest absolute Gasteiger partial charge is 0.347 e. The van der Waals surface area contributed by atoms with Crippen molar-refractivity contribution in [2.75, 3.05) is 0 Å². The first-order valence-corrected chi connectivity index (χ1v) is 10.3. The molecule has 0 aliphatic heterocycles. The molecule has 2 atom stereocenters. The zero-order valence-electron chi connectivity index (χ0n) is 14.2. The van der Waals surface area contributed by atoms with Gasteiger partial charge in [0.05, 0.1) is 11.1 Å². The first kappa shape index (κ1) is 19.1. The molecule has 2 aromatic rings. The average molecular weight is 480 g/mol. The lowest BCUT2D eigenvalue weighted by Gasteiger charge is -2.33. The van der Waals surface area contributed by atoms with E-state index in [-0.39, 0.29) is 23.9 Å². The Morgan fingerprint density at radius 2 is 1.12 bits per heavy atom. The van der Waals surface area contributed by atoms with Crippen LogP contribution in [0.15, 0.2) is 57.5 Å². The number of hydrogen-bond acceptors (Lipinski definition) is 2. The maximum absolute atomic E-state index is 12.6. The molecule has 0 heterocycles. The summed E-state index contributed by atoms with van der Waals surface area (Å²) >= 11 is 6.84. The molecule has 1 aliphatic carbocycles. The van der Waals surface area contributed by atoms with Crippen molar-refractivity contribution in [1.29, 1.82) is 0 Å². The molecule has 2 N–H and O–H groups in total. The van der Waals surface area contributed by atoms with Gasteiger partial charge in [0, 0.05) is 21.0 Å². The molecule has 0 unspecified atom stereocenters. The van der Waals surface area contributed by atoms with E-state index >= 15 is 0 Å². The van der Waals surface area contributed by atoms with Crippen molar-refractivity contribution in [3.8, 4) is 0 Å². The van der Waals surface area contributed by atoms with Gasteiger partial charge >= 0.3 is 0 Å². The summed E-state index contributed by atoms with van der Waals surface area (Å²) in [6, 6.07) is 14.6. The molecular formula is C20H20Br2N2O2. The van der Waals surface area contributed by atoms with E-state index in [2.05, 4.69) is 42.5 Å². The van der Waals surface area contributed by atoms with Crippen LogP contribution in [0.2, 0.25) is 0 Å². The summed E-state index contributed by atoms with van der Waals surface area (Å²) in [7, 11) is 0. The summed E-state index contributed by atoms with van der Waals surface area (Å²) in [5.41, 5.74) is 1.21. The highest BCUT2D eigenvalue weighted by molar-refractivity contribution is 9.10. The quantitative estimate of drug-likeness (QED) is 0.668. The summed E-state index contributed by atoms with van der Waals surface area (Å²) in [6.45, 7) is 0. The third-order valence-corrected chi connectivity index (χ3v) is 6.02. The van der Waals surface area contributed by atoms with E-state index in [1.165, 1.54) is 0 Å². The van der Waals surface area contributed by atoms with E-state index in [1.807, 2.05) is 36.4 Å². The number of halogens is 2. The summed E-state index contributed by atoms with van der Waals surface area (Å²) in [6.07, 6.45) is 3.80. The lowest BCUT2D eigenvalue weighted by molar-refractivity contribution is 0.0862. The molecule has 2 aromatic carbocycles. The Kier molecular flexibility index (Phi) is 6.48. The van der Waals surface area contributed by atoms with Crippen LogP contribution in [-0.2, 0) is 0 Å². The molecule has 0 saturated heterocycles. The molecular weight excluding hydrogens is 460 g/mol. The molecule has 1 saturated carbocycles. The Morgan fingerprint density at radius 3 is 1.50 bits per heavy atom. The first-order chi connectivity index (χ1) is 12.6. The van der Waals surface area contributed by atoms with Gasteiger partial charge in [0.15, 0.2) is 0 Å². The second kappa shape index (κ2) is 8.82. The van der Waals surface area contributed by atoms with Gasteiger partial charge in [-0.1, -0.05) is 37.1 Å². The van der Waals surface area contributed by atoms with E-state index in [0.717, 1.165) is 34.6 Å². The van der Waals surface area contributed by atoms with Gasteiger partial charge in [-0.3, -0.25) is 9.59 Å². The number of nitrogens with one attached hydrogen (secondary N) is 2. The summed E-state index contributed by atoms with van der Waals surface area (Å²) in [4.78, 5) is 25.3. The molecule has 0 bridgehead atoms. The normalized spacial score (nSPS) is 19.6. The molecule has 0 spiro atoms. The van der Waals surface area contributed by atoms with Crippen LogP contribution in [0.4, 0.5) is 0 Å². The highest BCUT2D eigenvalue weighted by atomic mass is 79.9. The van der Waals surface area contributed by atoms with E-state index in [4.69, 9.17) is 0 Å². The number of carbonyl (C=O) groups is 2. The highest BCUT2D eigenvalue weighted by Crippen LogP contribution is 2.22. The zero-order valence-corrected chi connectivity index (χ0v) is 17.3. The average Bonchev–Trinajstić information content (AvgIpc) is 2.64. The standard InChI is InChI=1S/C20H20Br2N2O2/c21-15-9-3-1-7-13(15)19(25)23-17-11-5-6-12-18(17)24-20(26)14-8-2-4-10-16(14)22/h1-4,7-10,17-18H,5-6,11-12H2,(H,23,25)(H,24,26)/t17-,18+. The molecule has 26 heavy (non-hydrogen) atoms. The number of hydrogen-bond donors (Lipinski definition) is 2. The molecule has 0 radical (unpaired) electrons. The van der Waals surface area contributed by atoms with Crippen LogP contribution >= 0.6 is 31.9 Å². The van der Waals surface area contributed by atoms with Crippen molar-refractivity contribution >= 4 is 43.7 Å². The molecule has 4 nitrogen and oxygen atoms in total. The SMILES string of the molecule is O=C(N[C@H]1CCCC[C@H]1NC(=O)c1ccccc1Br)c1ccccc1Br. The minimum absolute atomic E-state index is 0.0743. The van der Waals surface area contributed by atoms with Crippen LogP contribution in [0.3, 0.4) is 0 Å². The molecule has 0 aromatic heterocycles. The fourth-order valence-electron chi connectivity index (χ4n) is 3.26. The van der Waals surface area contributed by atoms with Crippen molar-refractivity contribution in [3.63, 3.8) is 0 Å². The highest BCUT2D eigenvalue weighted by Gasteiger charge is 2.29. The third kappa shape index (κ3) is 4.54. The molecule has 136 valence electrons. The van der Waals surface area contributed by atoms with Crippen LogP contribution in [0.1, 0.15) is 46.4 Å². The lowest BCUT2D eigenvalue weighted by atomic mass is 9.89. The number of carbonyl (C=O) groups excluding carboxylic acids is 2. The van der Waals surface area contributed by atoms with E-state index in [1.54, 1.807) is 12.1 Å². The van der Waals surface area contributed by atoms with Crippen molar-refractivity contribution < 1.29 is 9.59 Å². The zero-order chi connectivity index (χ0) is 18.5. The fraction of sp³-hybridized carbons (Fsp3) is 0.300. The van der Waals surface area contributed by atoms with Gasteiger partial charge in [0.25, 0.3) is 11.8 Å². The van der Waals surface area contributed by atoms with Gasteiger partial charge < -0.3 is 10.6 Å². The number of benzene rings is 2. The topological polar surface area (TPSA) is 58.2 Å². The first-order valence-electron chi connectivity index (χ1n) is 8.67. The van der Waals surface area contributed by atoms with Crippen molar-refractivity contribution in [3.05, 3.63) is 68.6 Å². The van der Waals surface area contributed by atoms with Gasteiger partial charge in [-0.15, -0.1) is 0 Å². The van der Waals surface area contributed by atoms with Crippen molar-refractivity contribution in [2.24, 2.45) is 0 Å². The van der Waals surface area contributed by atoms with Crippen LogP contribution in [0.5, 0.6) is 0 Å². The molecule has 1 fully saturated rings. The van der Waals surface area contributed by atoms with Gasteiger partial charge in [0.2, 0.25) is 0 Å². The maximum atomic E-state index is 12.6. The Labute approximate surface area is 170 Å². The maximum Gasteiger partial charge on any atom is 0.252 e. The third-order valence-electron chi connectivity index (χ3n) is 4.64. The molecule has 3 rings (SSSR count). The number of rotatable bonds is 4. The Morgan fingerprint density at radius 1 is 0.731 bits per heavy atom. The predicted octanol–water partition coefficient (Wildman–Crippen LogP) is 4.68. The van der Waals surface area contributed by atoms with Gasteiger partial charge in [0.1, 0.15) is 0 Å². The smallest absolute Gasteiger partial charge is 0.252 e. The second-order valence-corrected chi connectivity index (χ2v) is 8.11. The van der Waals surface area contributed by atoms with Crippen molar-refractivity contribution in [1.82, 2.24) is 10.6 Å². The van der Waals surface area contributed by atoms with Gasteiger partial charge in [-0.2, -0.15) is 0 Å². The molecule has 1 aliphatic rings. The minimum atomic E-state index is -0.121. The van der Waals surface area contributed by atoms with Crippen LogP contribution in [0.25, 0.3) is 0 Å². The Balaban J connectivity index is 1.70. The van der Waals surface area contributed by atoms with Gasteiger partial charge in [-0.05, 0) is 69.0 Å². The Bertz CT molecular complexity index is 742. The van der Waals surface area contributed by atoms with Gasteiger partial charge in [-0.25, -0.2) is 0 Å². The number of amides is 2. The fourth-order valence-corrected chi connectivity index (χ4v) is 4.19. The van der Waals surface area contributed by atoms with Crippen LogP contribution in [0, 0.1) is 0 Å². The second-order valence-electron chi connectivity index (χ2n) is 6.40. The lowest BCUT2D eigenvalue weighted by Crippen LogP contribution is -2.53. The molecule has 6 heteroatoms. The minimum Gasteiger partial charge on any atom is -0.347 e. The van der Waals surface area contributed by atoms with Crippen molar-refractivity contribution in [2.45, 2.75) is 37.8 Å².